The number of methoxy groups -OCH3 is 3. The number of rotatable bonds is 8. The topological polar surface area (TPSA) is 155 Å². The summed E-state index contributed by atoms with van der Waals surface area (Å²) < 4.78 is 15.1. The minimum Gasteiger partial charge on any atom is -0.496 e. The number of hydrazone groups is 1. The van der Waals surface area contributed by atoms with Crippen LogP contribution in [0, 0.1) is 20.2 Å². The van der Waals surface area contributed by atoms with E-state index in [9.17, 15) is 25.0 Å². The molecule has 0 saturated carbocycles. The van der Waals surface area contributed by atoms with E-state index in [0.29, 0.717) is 0 Å². The lowest BCUT2D eigenvalue weighted by atomic mass is 10.1. The number of hydrogen-bond donors (Lipinski definition) is 1. The van der Waals surface area contributed by atoms with Crippen LogP contribution in [0.3, 0.4) is 0 Å². The van der Waals surface area contributed by atoms with Crippen LogP contribution in [-0.4, -0.2) is 43.3 Å². The maximum atomic E-state index is 12.3. The third-order valence-electron chi connectivity index (χ3n) is 3.74. The van der Waals surface area contributed by atoms with Gasteiger partial charge in [0, 0.05) is 12.1 Å². The summed E-state index contributed by atoms with van der Waals surface area (Å²) in [5, 5.41) is 25.9. The molecule has 12 nitrogen and oxygen atoms in total. The minimum absolute atomic E-state index is 0.0407. The summed E-state index contributed by atoms with van der Waals surface area (Å²) in [6, 6.07) is 5.97. The number of nitrogens with one attached hydrogen (secondary N) is 1. The Kier molecular flexibility index (Phi) is 6.63. The number of nitro benzene ring substituents is 2. The van der Waals surface area contributed by atoms with Gasteiger partial charge >= 0.3 is 0 Å². The van der Waals surface area contributed by atoms with E-state index in [4.69, 9.17) is 14.2 Å². The van der Waals surface area contributed by atoms with Crippen LogP contribution >= 0.6 is 0 Å². The lowest BCUT2D eigenvalue weighted by Crippen LogP contribution is -2.18. The molecule has 0 aromatic heterocycles. The van der Waals surface area contributed by atoms with Gasteiger partial charge in [-0.25, -0.2) is 5.43 Å². The van der Waals surface area contributed by atoms with E-state index >= 15 is 0 Å². The van der Waals surface area contributed by atoms with Crippen molar-refractivity contribution in [3.8, 4) is 17.2 Å². The molecular formula is C17H16N4O8. The molecule has 2 rings (SSSR count). The lowest BCUT2D eigenvalue weighted by molar-refractivity contribution is -0.385. The standard InChI is InChI=1S/C17H16N4O8/c1-27-14-5-4-11(20(23)24)7-12(14)17(22)19-18-9-10-6-15(28-2)16(29-3)8-13(10)21(25)26/h4-9H,1-3H3,(H,19,22)/b18-9-. The Hall–Kier alpha value is -4.22. The number of carbonyl (C=O) groups excluding carboxylic acids is 1. The number of hydrogen-bond acceptors (Lipinski definition) is 9. The Morgan fingerprint density at radius 3 is 2.14 bits per heavy atom. The van der Waals surface area contributed by atoms with Gasteiger partial charge in [0.1, 0.15) is 5.75 Å². The van der Waals surface area contributed by atoms with Crippen molar-refractivity contribution in [1.82, 2.24) is 5.43 Å². The van der Waals surface area contributed by atoms with Crippen LogP contribution in [0.15, 0.2) is 35.4 Å². The molecule has 0 saturated heterocycles. The molecule has 12 heteroatoms. The molecule has 1 amide bonds. The number of nitrogens with zero attached hydrogens (tertiary/aromatic N) is 3. The SMILES string of the molecule is COc1cc(/C=N\NC(=O)c2cc([N+](=O)[O-])ccc2OC)c([N+](=O)[O-])cc1OC. The van der Waals surface area contributed by atoms with Gasteiger partial charge in [0.25, 0.3) is 17.3 Å². The summed E-state index contributed by atoms with van der Waals surface area (Å²) in [7, 11) is 4.00. The Morgan fingerprint density at radius 1 is 0.966 bits per heavy atom. The van der Waals surface area contributed by atoms with E-state index < -0.39 is 15.8 Å². The van der Waals surface area contributed by atoms with Crippen LogP contribution in [0.1, 0.15) is 15.9 Å². The highest BCUT2D eigenvalue weighted by molar-refractivity contribution is 5.98. The number of carbonyl (C=O) groups is 1. The Morgan fingerprint density at radius 2 is 1.59 bits per heavy atom. The largest absolute Gasteiger partial charge is 0.496 e. The molecule has 0 spiro atoms. The Balaban J connectivity index is 2.32. The summed E-state index contributed by atoms with van der Waals surface area (Å²) >= 11 is 0. The monoisotopic (exact) mass is 404 g/mol. The molecule has 0 fully saturated rings. The van der Waals surface area contributed by atoms with Crippen molar-refractivity contribution in [3.05, 3.63) is 61.7 Å². The number of non-ortho nitro benzene ring substituents is 1. The molecule has 0 aliphatic carbocycles. The van der Waals surface area contributed by atoms with Gasteiger partial charge in [-0.2, -0.15) is 5.10 Å². The first kappa shape index (κ1) is 21.1. The van der Waals surface area contributed by atoms with E-state index in [1.165, 1.54) is 39.5 Å². The van der Waals surface area contributed by atoms with E-state index in [0.717, 1.165) is 18.3 Å². The van der Waals surface area contributed by atoms with Gasteiger partial charge in [0.2, 0.25) is 0 Å². The van der Waals surface area contributed by atoms with E-state index in [-0.39, 0.29) is 39.8 Å². The highest BCUT2D eigenvalue weighted by atomic mass is 16.6. The molecule has 0 aliphatic rings. The van der Waals surface area contributed by atoms with E-state index in [1.807, 2.05) is 0 Å². The molecule has 2 aromatic rings. The second-order valence-electron chi connectivity index (χ2n) is 5.36. The molecule has 0 heterocycles. The smallest absolute Gasteiger partial charge is 0.282 e. The first-order valence-corrected chi connectivity index (χ1v) is 7.88. The number of amides is 1. The highest BCUT2D eigenvalue weighted by Crippen LogP contribution is 2.33. The summed E-state index contributed by atoms with van der Waals surface area (Å²) in [6.45, 7) is 0. The van der Waals surface area contributed by atoms with Crippen molar-refractivity contribution in [3.63, 3.8) is 0 Å². The van der Waals surface area contributed by atoms with E-state index in [2.05, 4.69) is 10.5 Å². The molecular weight excluding hydrogens is 388 g/mol. The van der Waals surface area contributed by atoms with Crippen LogP contribution in [0.4, 0.5) is 11.4 Å². The third-order valence-corrected chi connectivity index (χ3v) is 3.74. The van der Waals surface area contributed by atoms with Crippen LogP contribution < -0.4 is 19.6 Å². The predicted octanol–water partition coefficient (Wildman–Crippen LogP) is 2.29. The zero-order valence-electron chi connectivity index (χ0n) is 15.6. The molecule has 152 valence electrons. The van der Waals surface area contributed by atoms with Crippen LogP contribution in [0.2, 0.25) is 0 Å². The number of ether oxygens (including phenoxy) is 3. The fraction of sp³-hybridized carbons (Fsp3) is 0.176. The van der Waals surface area contributed by atoms with Gasteiger partial charge in [-0.1, -0.05) is 0 Å². The number of benzene rings is 2. The molecule has 2 aromatic carbocycles. The molecule has 29 heavy (non-hydrogen) atoms. The molecule has 0 unspecified atom stereocenters. The van der Waals surface area contributed by atoms with Crippen molar-refractivity contribution >= 4 is 23.5 Å². The highest BCUT2D eigenvalue weighted by Gasteiger charge is 2.19. The predicted molar refractivity (Wildman–Crippen MR) is 101 cm³/mol. The number of nitro groups is 2. The molecule has 1 N–H and O–H groups in total. The summed E-state index contributed by atoms with van der Waals surface area (Å²) in [4.78, 5) is 33.2. The second kappa shape index (κ2) is 9.12. The third kappa shape index (κ3) is 4.74. The van der Waals surface area contributed by atoms with Crippen molar-refractivity contribution in [2.24, 2.45) is 5.10 Å². The first-order chi connectivity index (χ1) is 13.8. The lowest BCUT2D eigenvalue weighted by Gasteiger charge is -2.09. The first-order valence-electron chi connectivity index (χ1n) is 7.88. The average molecular weight is 404 g/mol. The zero-order valence-corrected chi connectivity index (χ0v) is 15.6. The van der Waals surface area contributed by atoms with Crippen molar-refractivity contribution in [1.29, 1.82) is 0 Å². The quantitative estimate of drug-likeness (QED) is 0.399. The van der Waals surface area contributed by atoms with Crippen LogP contribution in [0.5, 0.6) is 17.2 Å². The maximum absolute atomic E-state index is 12.3. The van der Waals surface area contributed by atoms with E-state index in [1.54, 1.807) is 0 Å². The second-order valence-corrected chi connectivity index (χ2v) is 5.36. The van der Waals surface area contributed by atoms with Crippen LogP contribution in [-0.2, 0) is 0 Å². The molecule has 0 bridgehead atoms. The van der Waals surface area contributed by atoms with Gasteiger partial charge in [-0.05, 0) is 12.1 Å². The van der Waals surface area contributed by atoms with Crippen molar-refractivity contribution in [2.45, 2.75) is 0 Å². The van der Waals surface area contributed by atoms with Gasteiger partial charge < -0.3 is 14.2 Å². The van der Waals surface area contributed by atoms with Gasteiger partial charge in [-0.15, -0.1) is 0 Å². The van der Waals surface area contributed by atoms with Gasteiger partial charge in [-0.3, -0.25) is 25.0 Å². The minimum atomic E-state index is -0.801. The van der Waals surface area contributed by atoms with Crippen molar-refractivity contribution < 1.29 is 28.9 Å². The Bertz CT molecular complexity index is 990. The average Bonchev–Trinajstić information content (AvgIpc) is 2.72. The fourth-order valence-corrected chi connectivity index (χ4v) is 2.35. The Labute approximate surface area is 164 Å². The summed E-state index contributed by atoms with van der Waals surface area (Å²) in [5.74, 6) is -0.321. The van der Waals surface area contributed by atoms with Crippen molar-refractivity contribution in [2.75, 3.05) is 21.3 Å². The van der Waals surface area contributed by atoms with Gasteiger partial charge in [0.15, 0.2) is 11.5 Å². The summed E-state index contributed by atoms with van der Waals surface area (Å²) in [6.07, 6.45) is 1.04. The fourth-order valence-electron chi connectivity index (χ4n) is 2.35. The van der Waals surface area contributed by atoms with Gasteiger partial charge in [0.05, 0.1) is 54.6 Å². The summed E-state index contributed by atoms with van der Waals surface area (Å²) in [5.41, 5.74) is 1.43. The van der Waals surface area contributed by atoms with Crippen LogP contribution in [0.25, 0.3) is 0 Å². The molecule has 0 aliphatic heterocycles. The maximum Gasteiger partial charge on any atom is 0.282 e. The zero-order chi connectivity index (χ0) is 21.6. The normalized spacial score (nSPS) is 10.4. The molecule has 0 atom stereocenters. The molecule has 0 radical (unpaired) electrons.